The minimum absolute atomic E-state index is 0.0178. The fourth-order valence-electron chi connectivity index (χ4n) is 1.91. The SMILES string of the molecule is NNc1ncccc1S(=O)(=O)NC1CCS(=O)CC1. The number of rotatable bonds is 4. The molecule has 2 heterocycles. The highest BCUT2D eigenvalue weighted by atomic mass is 32.2. The molecule has 0 aliphatic carbocycles. The number of hydrogen-bond donors (Lipinski definition) is 3. The van der Waals surface area contributed by atoms with Crippen molar-refractivity contribution in [2.75, 3.05) is 16.9 Å². The third-order valence-electron chi connectivity index (χ3n) is 2.91. The van der Waals surface area contributed by atoms with Crippen LogP contribution >= 0.6 is 0 Å². The van der Waals surface area contributed by atoms with Crippen molar-refractivity contribution < 1.29 is 12.6 Å². The van der Waals surface area contributed by atoms with Crippen LogP contribution in [-0.4, -0.2) is 35.2 Å². The van der Waals surface area contributed by atoms with Gasteiger partial charge in [0.15, 0.2) is 5.82 Å². The van der Waals surface area contributed by atoms with E-state index in [1.165, 1.54) is 18.3 Å². The molecule has 19 heavy (non-hydrogen) atoms. The molecule has 0 bridgehead atoms. The third kappa shape index (κ3) is 3.50. The van der Waals surface area contributed by atoms with Gasteiger partial charge in [0, 0.05) is 34.5 Å². The van der Waals surface area contributed by atoms with Gasteiger partial charge in [0.05, 0.1) is 0 Å². The van der Waals surface area contributed by atoms with Crippen LogP contribution in [-0.2, 0) is 20.8 Å². The lowest BCUT2D eigenvalue weighted by molar-refractivity contribution is 0.522. The summed E-state index contributed by atoms with van der Waals surface area (Å²) in [6, 6.07) is 2.78. The molecule has 0 spiro atoms. The van der Waals surface area contributed by atoms with Gasteiger partial charge in [0.2, 0.25) is 10.0 Å². The molecular weight excluding hydrogens is 288 g/mol. The van der Waals surface area contributed by atoms with E-state index in [1.54, 1.807) is 0 Å². The molecule has 0 unspecified atom stereocenters. The Morgan fingerprint density at radius 3 is 2.68 bits per heavy atom. The monoisotopic (exact) mass is 304 g/mol. The topological polar surface area (TPSA) is 114 Å². The van der Waals surface area contributed by atoms with E-state index in [0.717, 1.165) is 0 Å². The van der Waals surface area contributed by atoms with Crippen LogP contribution in [0.3, 0.4) is 0 Å². The fraction of sp³-hybridized carbons (Fsp3) is 0.500. The second-order valence-electron chi connectivity index (χ2n) is 4.24. The van der Waals surface area contributed by atoms with Crippen molar-refractivity contribution in [2.45, 2.75) is 23.8 Å². The number of nitrogens with two attached hydrogens (primary N) is 1. The van der Waals surface area contributed by atoms with Crippen LogP contribution in [0.5, 0.6) is 0 Å². The Bertz CT molecular complexity index is 566. The summed E-state index contributed by atoms with van der Waals surface area (Å²) in [4.78, 5) is 3.88. The summed E-state index contributed by atoms with van der Waals surface area (Å²) in [5, 5.41) is 0. The summed E-state index contributed by atoms with van der Waals surface area (Å²) < 4.78 is 38.3. The van der Waals surface area contributed by atoms with Crippen molar-refractivity contribution in [1.29, 1.82) is 0 Å². The minimum Gasteiger partial charge on any atom is -0.307 e. The molecule has 9 heteroatoms. The van der Waals surface area contributed by atoms with Gasteiger partial charge in [-0.15, -0.1) is 0 Å². The summed E-state index contributed by atoms with van der Waals surface area (Å²) in [5.74, 6) is 6.42. The standard InChI is InChI=1S/C10H16N4O3S2/c11-13-10-9(2-1-5-12-10)19(16,17)14-8-3-6-18(15)7-4-8/h1-2,5,8,14H,3-4,6-7,11H2,(H,12,13). The van der Waals surface area contributed by atoms with Crippen LogP contribution in [0.2, 0.25) is 0 Å². The second-order valence-corrected chi connectivity index (χ2v) is 7.62. The molecule has 0 atom stereocenters. The van der Waals surface area contributed by atoms with E-state index in [9.17, 15) is 12.6 Å². The molecule has 1 aliphatic heterocycles. The van der Waals surface area contributed by atoms with Crippen molar-refractivity contribution in [3.63, 3.8) is 0 Å². The van der Waals surface area contributed by atoms with Crippen LogP contribution in [0.4, 0.5) is 5.82 Å². The zero-order valence-corrected chi connectivity index (χ0v) is 11.8. The van der Waals surface area contributed by atoms with E-state index in [1.807, 2.05) is 0 Å². The maximum atomic E-state index is 12.2. The summed E-state index contributed by atoms with van der Waals surface area (Å²) >= 11 is 0. The first-order valence-electron chi connectivity index (χ1n) is 5.82. The van der Waals surface area contributed by atoms with Gasteiger partial charge in [-0.2, -0.15) is 0 Å². The number of aromatic nitrogens is 1. The van der Waals surface area contributed by atoms with E-state index in [4.69, 9.17) is 5.84 Å². The zero-order chi connectivity index (χ0) is 13.9. The number of hydrazine groups is 1. The van der Waals surface area contributed by atoms with Crippen LogP contribution in [0.1, 0.15) is 12.8 Å². The highest BCUT2D eigenvalue weighted by molar-refractivity contribution is 7.89. The van der Waals surface area contributed by atoms with Crippen molar-refractivity contribution in [1.82, 2.24) is 9.71 Å². The maximum absolute atomic E-state index is 12.2. The van der Waals surface area contributed by atoms with Crippen molar-refractivity contribution in [3.05, 3.63) is 18.3 Å². The lowest BCUT2D eigenvalue weighted by Gasteiger charge is -2.22. The lowest BCUT2D eigenvalue weighted by atomic mass is 10.2. The molecule has 1 saturated heterocycles. The Morgan fingerprint density at radius 1 is 1.37 bits per heavy atom. The van der Waals surface area contributed by atoms with Crippen LogP contribution in [0, 0.1) is 0 Å². The highest BCUT2D eigenvalue weighted by Crippen LogP contribution is 2.19. The average Bonchev–Trinajstić information content (AvgIpc) is 2.41. The first-order chi connectivity index (χ1) is 9.03. The van der Waals surface area contributed by atoms with Crippen LogP contribution in [0.25, 0.3) is 0 Å². The molecule has 0 amide bonds. The molecule has 2 rings (SSSR count). The number of nitrogens with zero attached hydrogens (tertiary/aromatic N) is 1. The van der Waals surface area contributed by atoms with Gasteiger partial charge >= 0.3 is 0 Å². The Morgan fingerprint density at radius 2 is 2.05 bits per heavy atom. The molecular formula is C10H16N4O3S2. The van der Waals surface area contributed by atoms with Crippen molar-refractivity contribution >= 4 is 26.6 Å². The molecule has 1 aliphatic rings. The fourth-order valence-corrected chi connectivity index (χ4v) is 4.63. The number of nitrogens with one attached hydrogen (secondary N) is 2. The molecule has 7 nitrogen and oxygen atoms in total. The minimum atomic E-state index is -3.67. The molecule has 106 valence electrons. The van der Waals surface area contributed by atoms with E-state index < -0.39 is 20.8 Å². The summed E-state index contributed by atoms with van der Waals surface area (Å²) in [7, 11) is -4.49. The van der Waals surface area contributed by atoms with Gasteiger partial charge in [0.25, 0.3) is 0 Å². The molecule has 1 aromatic heterocycles. The zero-order valence-electron chi connectivity index (χ0n) is 10.2. The first-order valence-corrected chi connectivity index (χ1v) is 8.79. The van der Waals surface area contributed by atoms with E-state index >= 15 is 0 Å². The van der Waals surface area contributed by atoms with Gasteiger partial charge in [-0.05, 0) is 25.0 Å². The molecule has 0 aromatic carbocycles. The first kappa shape index (κ1) is 14.4. The second kappa shape index (κ2) is 5.95. The van der Waals surface area contributed by atoms with Crippen LogP contribution in [0.15, 0.2) is 23.2 Å². The number of sulfonamides is 1. The van der Waals surface area contributed by atoms with E-state index in [2.05, 4.69) is 15.1 Å². The van der Waals surface area contributed by atoms with Gasteiger partial charge in [-0.3, -0.25) is 4.21 Å². The normalized spacial score (nSPS) is 24.1. The molecule has 0 radical (unpaired) electrons. The number of anilines is 1. The van der Waals surface area contributed by atoms with E-state index in [-0.39, 0.29) is 16.8 Å². The quantitative estimate of drug-likeness (QED) is 0.513. The number of nitrogen functional groups attached to an aromatic ring is 1. The molecule has 0 saturated carbocycles. The number of hydrogen-bond acceptors (Lipinski definition) is 6. The largest absolute Gasteiger partial charge is 0.307 e. The Kier molecular flexibility index (Phi) is 4.50. The summed E-state index contributed by atoms with van der Waals surface area (Å²) in [6.07, 6.45) is 2.62. The molecule has 1 aromatic rings. The van der Waals surface area contributed by atoms with Gasteiger partial charge in [0.1, 0.15) is 4.90 Å². The van der Waals surface area contributed by atoms with Crippen molar-refractivity contribution in [3.8, 4) is 0 Å². The van der Waals surface area contributed by atoms with Gasteiger partial charge in [-0.25, -0.2) is 24.0 Å². The smallest absolute Gasteiger partial charge is 0.244 e. The van der Waals surface area contributed by atoms with Crippen LogP contribution < -0.4 is 16.0 Å². The maximum Gasteiger partial charge on any atom is 0.244 e. The van der Waals surface area contributed by atoms with Gasteiger partial charge in [-0.1, -0.05) is 0 Å². The number of pyridine rings is 1. The Balaban J connectivity index is 2.16. The summed E-state index contributed by atoms with van der Waals surface area (Å²) in [5.41, 5.74) is 2.27. The Hall–Kier alpha value is -1.03. The third-order valence-corrected chi connectivity index (χ3v) is 5.84. The Labute approximate surface area is 114 Å². The lowest BCUT2D eigenvalue weighted by Crippen LogP contribution is -2.39. The predicted octanol–water partition coefficient (Wildman–Crippen LogP) is -0.443. The van der Waals surface area contributed by atoms with Gasteiger partial charge < -0.3 is 5.43 Å². The van der Waals surface area contributed by atoms with E-state index in [0.29, 0.717) is 24.3 Å². The molecule has 1 fully saturated rings. The average molecular weight is 304 g/mol. The summed E-state index contributed by atoms with van der Waals surface area (Å²) in [6.45, 7) is 0. The highest BCUT2D eigenvalue weighted by Gasteiger charge is 2.26. The predicted molar refractivity (Wildman–Crippen MR) is 73.3 cm³/mol. The molecule has 4 N–H and O–H groups in total. The van der Waals surface area contributed by atoms with Crippen molar-refractivity contribution in [2.24, 2.45) is 5.84 Å².